The predicted octanol–water partition coefficient (Wildman–Crippen LogP) is 4.42. The fraction of sp³-hybridized carbons (Fsp3) is 0.294. The maximum atomic E-state index is 6.14. The van der Waals surface area contributed by atoms with Crippen molar-refractivity contribution >= 4 is 11.6 Å². The van der Waals surface area contributed by atoms with Gasteiger partial charge in [0.25, 0.3) is 0 Å². The minimum atomic E-state index is -0.170. The van der Waals surface area contributed by atoms with Crippen LogP contribution in [0, 0.1) is 13.8 Å². The maximum Gasteiger partial charge on any atom is 0.139 e. The monoisotopic (exact) mass is 289 g/mol. The summed E-state index contributed by atoms with van der Waals surface area (Å²) in [4.78, 5) is 0. The third kappa shape index (κ3) is 3.33. The van der Waals surface area contributed by atoms with E-state index >= 15 is 0 Å². The van der Waals surface area contributed by atoms with Gasteiger partial charge in [-0.25, -0.2) is 0 Å². The fourth-order valence-electron chi connectivity index (χ4n) is 2.24. The van der Waals surface area contributed by atoms with Crippen LogP contribution in [0.3, 0.4) is 0 Å². The molecule has 0 aliphatic rings. The molecule has 106 valence electrons. The Labute approximate surface area is 125 Å². The molecule has 0 saturated carbocycles. The second-order valence-electron chi connectivity index (χ2n) is 5.16. The van der Waals surface area contributed by atoms with Crippen LogP contribution in [-0.2, 0) is 0 Å². The van der Waals surface area contributed by atoms with Crippen LogP contribution in [0.1, 0.15) is 29.7 Å². The lowest BCUT2D eigenvalue weighted by Gasteiger charge is -2.25. The van der Waals surface area contributed by atoms with Crippen LogP contribution in [0.15, 0.2) is 42.5 Å². The number of hydrogen-bond donors (Lipinski definition) is 1. The Bertz CT molecular complexity index is 595. The van der Waals surface area contributed by atoms with Crippen LogP contribution in [0.5, 0.6) is 5.75 Å². The number of hydrogen-bond acceptors (Lipinski definition) is 2. The van der Waals surface area contributed by atoms with Gasteiger partial charge >= 0.3 is 0 Å². The molecule has 2 N–H and O–H groups in total. The SMILES string of the molecule is Cc1cc(Cl)ccc1OC(c1ccccc1C)C(C)N. The summed E-state index contributed by atoms with van der Waals surface area (Å²) in [6.45, 7) is 6.02. The van der Waals surface area contributed by atoms with Gasteiger partial charge in [0.1, 0.15) is 11.9 Å². The lowest BCUT2D eigenvalue weighted by Crippen LogP contribution is -2.29. The van der Waals surface area contributed by atoms with Crippen molar-refractivity contribution in [3.8, 4) is 5.75 Å². The first kappa shape index (κ1) is 14.9. The first-order valence-electron chi connectivity index (χ1n) is 6.73. The summed E-state index contributed by atoms with van der Waals surface area (Å²) in [5.41, 5.74) is 9.43. The summed E-state index contributed by atoms with van der Waals surface area (Å²) in [7, 11) is 0. The van der Waals surface area contributed by atoms with Gasteiger partial charge in [-0.1, -0.05) is 35.9 Å². The highest BCUT2D eigenvalue weighted by molar-refractivity contribution is 6.30. The number of aryl methyl sites for hydroxylation is 2. The third-order valence-corrected chi connectivity index (χ3v) is 3.60. The molecule has 2 unspecified atom stereocenters. The Kier molecular flexibility index (Phi) is 4.69. The minimum Gasteiger partial charge on any atom is -0.484 e. The van der Waals surface area contributed by atoms with E-state index in [9.17, 15) is 0 Å². The zero-order valence-corrected chi connectivity index (χ0v) is 12.8. The smallest absolute Gasteiger partial charge is 0.139 e. The number of benzene rings is 2. The molecule has 0 heterocycles. The lowest BCUT2D eigenvalue weighted by molar-refractivity contribution is 0.178. The predicted molar refractivity (Wildman–Crippen MR) is 84.4 cm³/mol. The Morgan fingerprint density at radius 1 is 1.05 bits per heavy atom. The molecule has 0 aliphatic heterocycles. The van der Waals surface area contributed by atoms with Crippen molar-refractivity contribution in [2.75, 3.05) is 0 Å². The Hall–Kier alpha value is -1.51. The molecule has 2 aromatic carbocycles. The Balaban J connectivity index is 2.33. The summed E-state index contributed by atoms with van der Waals surface area (Å²) < 4.78 is 6.14. The average Bonchev–Trinajstić information content (AvgIpc) is 2.39. The molecule has 2 nitrogen and oxygen atoms in total. The highest BCUT2D eigenvalue weighted by Gasteiger charge is 2.20. The molecule has 2 aromatic rings. The summed E-state index contributed by atoms with van der Waals surface area (Å²) in [5.74, 6) is 0.819. The standard InChI is InChI=1S/C17H20ClNO/c1-11-6-4-5-7-15(11)17(13(3)19)20-16-9-8-14(18)10-12(16)2/h4-10,13,17H,19H2,1-3H3. The molecule has 0 radical (unpaired) electrons. The van der Waals surface area contributed by atoms with Crippen molar-refractivity contribution < 1.29 is 4.74 Å². The van der Waals surface area contributed by atoms with Gasteiger partial charge in [0.15, 0.2) is 0 Å². The molecule has 2 rings (SSSR count). The van der Waals surface area contributed by atoms with Crippen molar-refractivity contribution in [1.29, 1.82) is 0 Å². The molecule has 0 amide bonds. The largest absolute Gasteiger partial charge is 0.484 e. The van der Waals surface area contributed by atoms with Crippen LogP contribution < -0.4 is 10.5 Å². The molecule has 0 aliphatic carbocycles. The zero-order valence-electron chi connectivity index (χ0n) is 12.1. The van der Waals surface area contributed by atoms with Crippen molar-refractivity contribution in [2.45, 2.75) is 32.9 Å². The first-order valence-corrected chi connectivity index (χ1v) is 7.10. The van der Waals surface area contributed by atoms with Crippen LogP contribution in [0.2, 0.25) is 5.02 Å². The molecule has 2 atom stereocenters. The highest BCUT2D eigenvalue weighted by atomic mass is 35.5. The normalized spacial score (nSPS) is 13.8. The molecule has 0 saturated heterocycles. The van der Waals surface area contributed by atoms with Gasteiger partial charge in [-0.3, -0.25) is 0 Å². The lowest BCUT2D eigenvalue weighted by atomic mass is 9.99. The van der Waals surface area contributed by atoms with Gasteiger partial charge in [0.05, 0.1) is 0 Å². The van der Waals surface area contributed by atoms with E-state index in [4.69, 9.17) is 22.1 Å². The van der Waals surface area contributed by atoms with Gasteiger partial charge in [0, 0.05) is 11.1 Å². The summed E-state index contributed by atoms with van der Waals surface area (Å²) in [5, 5.41) is 0.711. The van der Waals surface area contributed by atoms with Crippen LogP contribution >= 0.6 is 11.6 Å². The third-order valence-electron chi connectivity index (χ3n) is 3.36. The number of rotatable bonds is 4. The van der Waals surface area contributed by atoms with Gasteiger partial charge < -0.3 is 10.5 Å². The zero-order chi connectivity index (χ0) is 14.7. The maximum absolute atomic E-state index is 6.14. The fourth-order valence-corrected chi connectivity index (χ4v) is 2.47. The van der Waals surface area contributed by atoms with Crippen molar-refractivity contribution in [1.82, 2.24) is 0 Å². The topological polar surface area (TPSA) is 35.2 Å². The summed E-state index contributed by atoms with van der Waals surface area (Å²) >= 11 is 5.98. The highest BCUT2D eigenvalue weighted by Crippen LogP contribution is 2.29. The van der Waals surface area contributed by atoms with Crippen LogP contribution in [0.4, 0.5) is 0 Å². The van der Waals surface area contributed by atoms with Crippen LogP contribution in [-0.4, -0.2) is 6.04 Å². The average molecular weight is 290 g/mol. The van der Waals surface area contributed by atoms with Gasteiger partial charge in [-0.2, -0.15) is 0 Å². The number of nitrogens with two attached hydrogens (primary N) is 1. The van der Waals surface area contributed by atoms with Crippen molar-refractivity contribution in [3.05, 3.63) is 64.2 Å². The van der Waals surface area contributed by atoms with Crippen molar-refractivity contribution in [3.63, 3.8) is 0 Å². The second kappa shape index (κ2) is 6.29. The van der Waals surface area contributed by atoms with Crippen LogP contribution in [0.25, 0.3) is 0 Å². The van der Waals surface area contributed by atoms with E-state index in [0.29, 0.717) is 5.02 Å². The minimum absolute atomic E-state index is 0.105. The molecular formula is C17H20ClNO. The van der Waals surface area contributed by atoms with E-state index < -0.39 is 0 Å². The molecular weight excluding hydrogens is 270 g/mol. The molecule has 20 heavy (non-hydrogen) atoms. The molecule has 0 aromatic heterocycles. The molecule has 0 spiro atoms. The van der Waals surface area contributed by atoms with E-state index in [0.717, 1.165) is 16.9 Å². The summed E-state index contributed by atoms with van der Waals surface area (Å²) in [6.07, 6.45) is -0.170. The molecule has 0 fully saturated rings. The van der Waals surface area contributed by atoms with E-state index in [1.807, 2.05) is 44.2 Å². The summed E-state index contributed by atoms with van der Waals surface area (Å²) in [6, 6.07) is 13.7. The number of ether oxygens (including phenoxy) is 1. The van der Waals surface area contributed by atoms with Gasteiger partial charge in [-0.05, 0) is 55.7 Å². The van der Waals surface area contributed by atoms with Gasteiger partial charge in [0.2, 0.25) is 0 Å². The molecule has 3 heteroatoms. The van der Waals surface area contributed by atoms with E-state index in [1.165, 1.54) is 5.56 Å². The van der Waals surface area contributed by atoms with E-state index in [2.05, 4.69) is 19.1 Å². The second-order valence-corrected chi connectivity index (χ2v) is 5.60. The quantitative estimate of drug-likeness (QED) is 0.904. The number of halogens is 1. The van der Waals surface area contributed by atoms with E-state index in [-0.39, 0.29) is 12.1 Å². The Morgan fingerprint density at radius 2 is 1.75 bits per heavy atom. The first-order chi connectivity index (χ1) is 9.49. The van der Waals surface area contributed by atoms with Crippen molar-refractivity contribution in [2.24, 2.45) is 5.73 Å². The van der Waals surface area contributed by atoms with Gasteiger partial charge in [-0.15, -0.1) is 0 Å². The molecule has 0 bridgehead atoms. The Morgan fingerprint density at radius 3 is 2.35 bits per heavy atom. The van der Waals surface area contributed by atoms with E-state index in [1.54, 1.807) is 0 Å².